The third-order valence-electron chi connectivity index (χ3n) is 7.82. The number of methoxy groups -OCH3 is 2. The zero-order valence-corrected chi connectivity index (χ0v) is 18.8. The number of aryl methyl sites for hydroxylation is 1. The molecule has 9 heteroatoms. The van der Waals surface area contributed by atoms with Crippen molar-refractivity contribution in [3.63, 3.8) is 0 Å². The second-order valence-electron chi connectivity index (χ2n) is 9.51. The molecule has 5 rings (SSSR count). The topological polar surface area (TPSA) is 94.8 Å². The number of fused-ring (bicyclic) bond motifs is 1. The highest BCUT2D eigenvalue weighted by Gasteiger charge is 2.56. The molecule has 2 saturated heterocycles. The van der Waals surface area contributed by atoms with Gasteiger partial charge in [-0.05, 0) is 42.9 Å². The molecule has 1 aromatic heterocycles. The maximum atomic E-state index is 13.0. The van der Waals surface area contributed by atoms with E-state index in [1.807, 2.05) is 18.2 Å². The number of imidazole rings is 1. The number of ether oxygens (including phenoxy) is 2. The number of aromatic nitrogens is 2. The van der Waals surface area contributed by atoms with Crippen LogP contribution in [0.15, 0.2) is 23.0 Å². The SMILES string of the molecule is COC1(OC)CC2(CCN(c3ccc4c(c3)n(C)c(=O)n4C3CCC(=O)NC3=O)CC2)C1. The molecule has 0 radical (unpaired) electrons. The third-order valence-corrected chi connectivity index (χ3v) is 7.82. The lowest BCUT2D eigenvalue weighted by atomic mass is 9.59. The summed E-state index contributed by atoms with van der Waals surface area (Å²) in [6, 6.07) is 5.32. The second-order valence-corrected chi connectivity index (χ2v) is 9.51. The Balaban J connectivity index is 1.37. The molecular weight excluding hydrogens is 412 g/mol. The number of hydrogen-bond acceptors (Lipinski definition) is 6. The molecular formula is C23H30N4O5. The van der Waals surface area contributed by atoms with E-state index in [2.05, 4.69) is 10.2 Å². The predicted octanol–water partition coefficient (Wildman–Crippen LogP) is 1.69. The summed E-state index contributed by atoms with van der Waals surface area (Å²) < 4.78 is 14.3. The van der Waals surface area contributed by atoms with E-state index in [1.54, 1.807) is 25.8 Å². The fraction of sp³-hybridized carbons (Fsp3) is 0.609. The lowest BCUT2D eigenvalue weighted by molar-refractivity contribution is -0.300. The number of imide groups is 1. The van der Waals surface area contributed by atoms with Crippen LogP contribution in [0.1, 0.15) is 44.6 Å². The van der Waals surface area contributed by atoms with Crippen LogP contribution in [0, 0.1) is 5.41 Å². The van der Waals surface area contributed by atoms with Crippen LogP contribution in [0.4, 0.5) is 5.69 Å². The number of anilines is 1. The Kier molecular flexibility index (Phi) is 4.94. The summed E-state index contributed by atoms with van der Waals surface area (Å²) in [7, 11) is 5.16. The summed E-state index contributed by atoms with van der Waals surface area (Å²) in [5.41, 5.74) is 2.63. The van der Waals surface area contributed by atoms with Gasteiger partial charge in [0, 0.05) is 59.3 Å². The summed E-state index contributed by atoms with van der Waals surface area (Å²) in [6.07, 6.45) is 4.60. The first-order chi connectivity index (χ1) is 15.3. The second kappa shape index (κ2) is 7.45. The number of benzene rings is 1. The van der Waals surface area contributed by atoms with Crippen LogP contribution in [-0.4, -0.2) is 54.0 Å². The van der Waals surface area contributed by atoms with Crippen molar-refractivity contribution in [3.05, 3.63) is 28.7 Å². The van der Waals surface area contributed by atoms with Gasteiger partial charge in [-0.1, -0.05) is 0 Å². The molecule has 3 heterocycles. The summed E-state index contributed by atoms with van der Waals surface area (Å²) >= 11 is 0. The molecule has 1 atom stereocenters. The largest absolute Gasteiger partial charge is 0.371 e. The molecule has 1 unspecified atom stereocenters. The highest BCUT2D eigenvalue weighted by Crippen LogP contribution is 2.56. The van der Waals surface area contributed by atoms with Gasteiger partial charge in [0.25, 0.3) is 0 Å². The lowest BCUT2D eigenvalue weighted by Gasteiger charge is -2.57. The number of carbonyl (C=O) groups is 2. The molecule has 9 nitrogen and oxygen atoms in total. The number of piperidine rings is 2. The molecule has 2 amide bonds. The number of amides is 2. The third kappa shape index (κ3) is 3.17. The van der Waals surface area contributed by atoms with Crippen molar-refractivity contribution in [1.29, 1.82) is 0 Å². The zero-order chi connectivity index (χ0) is 22.7. The maximum absolute atomic E-state index is 13.0. The van der Waals surface area contributed by atoms with E-state index in [0.717, 1.165) is 50.0 Å². The van der Waals surface area contributed by atoms with Gasteiger partial charge < -0.3 is 14.4 Å². The molecule has 2 aromatic rings. The molecule has 1 aliphatic carbocycles. The number of nitrogens with one attached hydrogen (secondary N) is 1. The Labute approximate surface area is 186 Å². The summed E-state index contributed by atoms with van der Waals surface area (Å²) in [6.45, 7) is 1.88. The first-order valence-corrected chi connectivity index (χ1v) is 11.2. The van der Waals surface area contributed by atoms with Crippen LogP contribution < -0.4 is 15.9 Å². The molecule has 1 aromatic carbocycles. The lowest BCUT2D eigenvalue weighted by Crippen LogP contribution is -2.58. The molecule has 32 heavy (non-hydrogen) atoms. The quantitative estimate of drug-likeness (QED) is 0.572. The van der Waals surface area contributed by atoms with Crippen molar-refractivity contribution in [2.45, 2.75) is 50.4 Å². The van der Waals surface area contributed by atoms with Crippen molar-refractivity contribution in [1.82, 2.24) is 14.5 Å². The molecule has 1 saturated carbocycles. The fourth-order valence-electron chi connectivity index (χ4n) is 5.83. The van der Waals surface area contributed by atoms with E-state index in [-0.39, 0.29) is 23.4 Å². The fourth-order valence-corrected chi connectivity index (χ4v) is 5.83. The van der Waals surface area contributed by atoms with Crippen molar-refractivity contribution in [2.24, 2.45) is 12.5 Å². The Morgan fingerprint density at radius 3 is 2.34 bits per heavy atom. The van der Waals surface area contributed by atoms with E-state index in [9.17, 15) is 14.4 Å². The van der Waals surface area contributed by atoms with Gasteiger partial charge in [-0.15, -0.1) is 0 Å². The van der Waals surface area contributed by atoms with E-state index in [1.165, 1.54) is 4.57 Å². The summed E-state index contributed by atoms with van der Waals surface area (Å²) in [5.74, 6) is -1.12. The first-order valence-electron chi connectivity index (χ1n) is 11.2. The van der Waals surface area contributed by atoms with Crippen LogP contribution >= 0.6 is 0 Å². The number of hydrogen-bond donors (Lipinski definition) is 1. The van der Waals surface area contributed by atoms with Gasteiger partial charge in [0.05, 0.1) is 11.0 Å². The van der Waals surface area contributed by atoms with Gasteiger partial charge in [0.15, 0.2) is 5.79 Å². The van der Waals surface area contributed by atoms with E-state index in [4.69, 9.17) is 9.47 Å². The Bertz CT molecular complexity index is 1130. The summed E-state index contributed by atoms with van der Waals surface area (Å²) in [5, 5.41) is 2.35. The Morgan fingerprint density at radius 2 is 1.72 bits per heavy atom. The molecule has 3 aliphatic rings. The molecule has 172 valence electrons. The average Bonchev–Trinajstić information content (AvgIpc) is 3.02. The van der Waals surface area contributed by atoms with Crippen LogP contribution in [0.3, 0.4) is 0 Å². The highest BCUT2D eigenvalue weighted by molar-refractivity contribution is 6.00. The predicted molar refractivity (Wildman–Crippen MR) is 118 cm³/mol. The first kappa shape index (κ1) is 21.2. The number of nitrogens with zero attached hydrogens (tertiary/aromatic N) is 3. The van der Waals surface area contributed by atoms with Crippen molar-refractivity contribution in [3.8, 4) is 0 Å². The van der Waals surface area contributed by atoms with Gasteiger partial charge in [-0.3, -0.25) is 24.0 Å². The Hall–Kier alpha value is -2.65. The van der Waals surface area contributed by atoms with Crippen molar-refractivity contribution in [2.75, 3.05) is 32.2 Å². The van der Waals surface area contributed by atoms with Crippen LogP contribution in [-0.2, 0) is 26.1 Å². The number of carbonyl (C=O) groups excluding carboxylic acids is 2. The van der Waals surface area contributed by atoms with Crippen molar-refractivity contribution < 1.29 is 19.1 Å². The summed E-state index contributed by atoms with van der Waals surface area (Å²) in [4.78, 5) is 39.2. The van der Waals surface area contributed by atoms with Crippen LogP contribution in [0.2, 0.25) is 0 Å². The van der Waals surface area contributed by atoms with E-state index < -0.39 is 17.7 Å². The highest BCUT2D eigenvalue weighted by atomic mass is 16.7. The minimum atomic E-state index is -0.662. The van der Waals surface area contributed by atoms with Gasteiger partial charge >= 0.3 is 5.69 Å². The minimum absolute atomic E-state index is 0.236. The van der Waals surface area contributed by atoms with Gasteiger partial charge in [-0.25, -0.2) is 4.79 Å². The van der Waals surface area contributed by atoms with Crippen LogP contribution in [0.25, 0.3) is 11.0 Å². The molecule has 3 fully saturated rings. The average molecular weight is 443 g/mol. The minimum Gasteiger partial charge on any atom is -0.371 e. The van der Waals surface area contributed by atoms with Crippen LogP contribution in [0.5, 0.6) is 0 Å². The maximum Gasteiger partial charge on any atom is 0.329 e. The molecule has 1 spiro atoms. The Morgan fingerprint density at radius 1 is 1.03 bits per heavy atom. The molecule has 0 bridgehead atoms. The monoisotopic (exact) mass is 442 g/mol. The van der Waals surface area contributed by atoms with Gasteiger partial charge in [0.2, 0.25) is 11.8 Å². The van der Waals surface area contributed by atoms with Gasteiger partial charge in [0.1, 0.15) is 6.04 Å². The van der Waals surface area contributed by atoms with E-state index in [0.29, 0.717) is 11.9 Å². The molecule has 2 aliphatic heterocycles. The zero-order valence-electron chi connectivity index (χ0n) is 18.8. The smallest absolute Gasteiger partial charge is 0.329 e. The van der Waals surface area contributed by atoms with Crippen molar-refractivity contribution >= 4 is 28.5 Å². The van der Waals surface area contributed by atoms with Gasteiger partial charge in [-0.2, -0.15) is 0 Å². The normalized spacial score (nSPS) is 24.6. The van der Waals surface area contributed by atoms with E-state index >= 15 is 0 Å². The molecule has 1 N–H and O–H groups in total. The number of rotatable bonds is 4. The standard InChI is InChI=1S/C23H30N4O5/c1-25-18-12-15(26-10-8-22(9-11-26)13-23(14-22,31-2)32-3)4-5-16(18)27(21(25)30)17-6-7-19(28)24-20(17)29/h4-5,12,17H,6-11,13-14H2,1-3H3,(H,24,28,29).